The van der Waals surface area contributed by atoms with E-state index in [2.05, 4.69) is 11.8 Å². The summed E-state index contributed by atoms with van der Waals surface area (Å²) >= 11 is 0. The van der Waals surface area contributed by atoms with Crippen LogP contribution in [-0.2, 0) is 4.74 Å². The van der Waals surface area contributed by atoms with Crippen LogP contribution in [0.5, 0.6) is 0 Å². The van der Waals surface area contributed by atoms with E-state index in [1.807, 2.05) is 13.8 Å². The molecule has 1 N–H and O–H groups in total. The van der Waals surface area contributed by atoms with Crippen LogP contribution < -0.4 is 0 Å². The molecule has 0 bridgehead atoms. The molecule has 0 saturated heterocycles. The van der Waals surface area contributed by atoms with Crippen molar-refractivity contribution in [3.63, 3.8) is 0 Å². The maximum atomic E-state index is 9.18. The number of hydrogen-bond acceptors (Lipinski definition) is 3. The standard InChI is InChI=1S/C10H23NO2/c1-4-11(9-10(3)12)7-6-8-13-5-2/h10,12H,4-9H2,1-3H3. The molecule has 1 unspecified atom stereocenters. The Labute approximate surface area is 81.7 Å². The molecule has 0 fully saturated rings. The molecule has 0 spiro atoms. The van der Waals surface area contributed by atoms with Crippen LogP contribution in [0.3, 0.4) is 0 Å². The Kier molecular flexibility index (Phi) is 8.40. The fourth-order valence-corrected chi connectivity index (χ4v) is 1.29. The first-order valence-electron chi connectivity index (χ1n) is 5.18. The van der Waals surface area contributed by atoms with Gasteiger partial charge in [0.2, 0.25) is 0 Å². The monoisotopic (exact) mass is 189 g/mol. The molecular formula is C10H23NO2. The van der Waals surface area contributed by atoms with Crippen LogP contribution in [0.4, 0.5) is 0 Å². The summed E-state index contributed by atoms with van der Waals surface area (Å²) in [5.74, 6) is 0. The van der Waals surface area contributed by atoms with Crippen molar-refractivity contribution in [1.82, 2.24) is 4.90 Å². The summed E-state index contributed by atoms with van der Waals surface area (Å²) in [5, 5.41) is 9.18. The third kappa shape index (κ3) is 8.22. The van der Waals surface area contributed by atoms with E-state index in [9.17, 15) is 5.11 Å². The van der Waals surface area contributed by atoms with Gasteiger partial charge in [0.25, 0.3) is 0 Å². The zero-order chi connectivity index (χ0) is 10.1. The van der Waals surface area contributed by atoms with Crippen molar-refractivity contribution in [3.8, 4) is 0 Å². The molecule has 0 saturated carbocycles. The van der Waals surface area contributed by atoms with Gasteiger partial charge in [-0.25, -0.2) is 0 Å². The summed E-state index contributed by atoms with van der Waals surface area (Å²) in [5.41, 5.74) is 0. The zero-order valence-corrected chi connectivity index (χ0v) is 9.12. The van der Waals surface area contributed by atoms with Gasteiger partial charge in [-0.05, 0) is 26.8 Å². The van der Waals surface area contributed by atoms with Crippen molar-refractivity contribution in [1.29, 1.82) is 0 Å². The number of nitrogens with zero attached hydrogens (tertiary/aromatic N) is 1. The molecule has 0 aromatic heterocycles. The van der Waals surface area contributed by atoms with E-state index in [0.29, 0.717) is 0 Å². The second-order valence-corrected chi connectivity index (χ2v) is 3.29. The van der Waals surface area contributed by atoms with Gasteiger partial charge in [0.1, 0.15) is 0 Å². The summed E-state index contributed by atoms with van der Waals surface area (Å²) in [6, 6.07) is 0. The highest BCUT2D eigenvalue weighted by Gasteiger charge is 2.04. The Hall–Kier alpha value is -0.120. The first-order valence-corrected chi connectivity index (χ1v) is 5.18. The predicted octanol–water partition coefficient (Wildman–Crippen LogP) is 1.12. The highest BCUT2D eigenvalue weighted by atomic mass is 16.5. The highest BCUT2D eigenvalue weighted by molar-refractivity contribution is 4.58. The van der Waals surface area contributed by atoms with Crippen LogP contribution in [0.2, 0.25) is 0 Å². The zero-order valence-electron chi connectivity index (χ0n) is 9.12. The predicted molar refractivity (Wildman–Crippen MR) is 54.9 cm³/mol. The molecule has 0 aliphatic heterocycles. The topological polar surface area (TPSA) is 32.7 Å². The molecule has 3 nitrogen and oxygen atoms in total. The number of likely N-dealkylation sites (N-methyl/N-ethyl adjacent to an activating group) is 1. The molecule has 80 valence electrons. The minimum absolute atomic E-state index is 0.230. The smallest absolute Gasteiger partial charge is 0.0639 e. The molecule has 1 atom stereocenters. The van der Waals surface area contributed by atoms with Crippen molar-refractivity contribution in [2.24, 2.45) is 0 Å². The molecule has 3 heteroatoms. The van der Waals surface area contributed by atoms with E-state index in [4.69, 9.17) is 4.74 Å². The van der Waals surface area contributed by atoms with Gasteiger partial charge in [-0.1, -0.05) is 6.92 Å². The van der Waals surface area contributed by atoms with Crippen LogP contribution in [0.15, 0.2) is 0 Å². The normalized spacial score (nSPS) is 13.6. The molecule has 0 amide bonds. The summed E-state index contributed by atoms with van der Waals surface area (Å²) in [6.45, 7) is 10.3. The summed E-state index contributed by atoms with van der Waals surface area (Å²) in [6.07, 6.45) is 0.820. The van der Waals surface area contributed by atoms with Gasteiger partial charge in [0, 0.05) is 26.3 Å². The van der Waals surface area contributed by atoms with Crippen LogP contribution >= 0.6 is 0 Å². The number of ether oxygens (including phenoxy) is 1. The summed E-state index contributed by atoms with van der Waals surface area (Å²) < 4.78 is 5.24. The minimum Gasteiger partial charge on any atom is -0.392 e. The van der Waals surface area contributed by atoms with E-state index in [1.165, 1.54) is 0 Å². The Morgan fingerprint density at radius 3 is 2.54 bits per heavy atom. The summed E-state index contributed by atoms with van der Waals surface area (Å²) in [7, 11) is 0. The molecule has 0 rings (SSSR count). The van der Waals surface area contributed by atoms with Gasteiger partial charge in [-0.15, -0.1) is 0 Å². The van der Waals surface area contributed by atoms with Gasteiger partial charge in [0.15, 0.2) is 0 Å². The fourth-order valence-electron chi connectivity index (χ4n) is 1.29. The van der Waals surface area contributed by atoms with Gasteiger partial charge < -0.3 is 14.7 Å². The van der Waals surface area contributed by atoms with Crippen LogP contribution in [0.25, 0.3) is 0 Å². The lowest BCUT2D eigenvalue weighted by molar-refractivity contribution is 0.107. The molecule has 13 heavy (non-hydrogen) atoms. The second-order valence-electron chi connectivity index (χ2n) is 3.29. The molecule has 0 aromatic rings. The first-order chi connectivity index (χ1) is 6.20. The van der Waals surface area contributed by atoms with Gasteiger partial charge in [-0.3, -0.25) is 0 Å². The Bertz CT molecular complexity index is 107. The maximum Gasteiger partial charge on any atom is 0.0639 e. The highest BCUT2D eigenvalue weighted by Crippen LogP contribution is 1.94. The fraction of sp³-hybridized carbons (Fsp3) is 1.00. The molecule has 0 radical (unpaired) electrons. The number of aliphatic hydroxyl groups is 1. The molecule has 0 aromatic carbocycles. The van der Waals surface area contributed by atoms with Gasteiger partial charge >= 0.3 is 0 Å². The number of hydrogen-bond donors (Lipinski definition) is 1. The number of aliphatic hydroxyl groups excluding tert-OH is 1. The van der Waals surface area contributed by atoms with E-state index < -0.39 is 0 Å². The maximum absolute atomic E-state index is 9.18. The molecule has 0 heterocycles. The lowest BCUT2D eigenvalue weighted by Gasteiger charge is -2.21. The lowest BCUT2D eigenvalue weighted by atomic mass is 10.3. The minimum atomic E-state index is -0.230. The molecule has 0 aliphatic rings. The van der Waals surface area contributed by atoms with Gasteiger partial charge in [-0.2, -0.15) is 0 Å². The molecular weight excluding hydrogens is 166 g/mol. The Morgan fingerprint density at radius 2 is 2.08 bits per heavy atom. The van der Waals surface area contributed by atoms with Crippen LogP contribution in [0.1, 0.15) is 27.2 Å². The van der Waals surface area contributed by atoms with Crippen LogP contribution in [0, 0.1) is 0 Å². The summed E-state index contributed by atoms with van der Waals surface area (Å²) in [4.78, 5) is 2.24. The average Bonchev–Trinajstić information content (AvgIpc) is 2.09. The van der Waals surface area contributed by atoms with Crippen LogP contribution in [-0.4, -0.2) is 49.0 Å². The van der Waals surface area contributed by atoms with Crippen molar-refractivity contribution in [3.05, 3.63) is 0 Å². The third-order valence-corrected chi connectivity index (χ3v) is 1.94. The van der Waals surface area contributed by atoms with E-state index in [-0.39, 0.29) is 6.10 Å². The van der Waals surface area contributed by atoms with E-state index in [0.717, 1.165) is 39.3 Å². The lowest BCUT2D eigenvalue weighted by Crippen LogP contribution is -2.32. The third-order valence-electron chi connectivity index (χ3n) is 1.94. The SMILES string of the molecule is CCOCCCN(CC)CC(C)O. The average molecular weight is 189 g/mol. The largest absolute Gasteiger partial charge is 0.392 e. The van der Waals surface area contributed by atoms with Crippen molar-refractivity contribution in [2.75, 3.05) is 32.8 Å². The van der Waals surface area contributed by atoms with E-state index >= 15 is 0 Å². The molecule has 0 aliphatic carbocycles. The van der Waals surface area contributed by atoms with Crippen molar-refractivity contribution < 1.29 is 9.84 Å². The second kappa shape index (κ2) is 8.48. The van der Waals surface area contributed by atoms with E-state index in [1.54, 1.807) is 0 Å². The quantitative estimate of drug-likeness (QED) is 0.581. The first kappa shape index (κ1) is 12.9. The van der Waals surface area contributed by atoms with Gasteiger partial charge in [0.05, 0.1) is 6.10 Å². The Balaban J connectivity index is 3.36. The Morgan fingerprint density at radius 1 is 1.38 bits per heavy atom. The number of rotatable bonds is 8. The van der Waals surface area contributed by atoms with Crippen molar-refractivity contribution >= 4 is 0 Å². The van der Waals surface area contributed by atoms with Crippen molar-refractivity contribution in [2.45, 2.75) is 33.3 Å².